The Morgan fingerprint density at radius 3 is 2.78 bits per heavy atom. The van der Waals surface area contributed by atoms with Crippen LogP contribution in [0, 0.1) is 5.92 Å². The predicted molar refractivity (Wildman–Crippen MR) is 71.6 cm³/mol. The molecule has 6 heteroatoms. The average molecular weight is 268 g/mol. The first-order valence-corrected chi connectivity index (χ1v) is 7.27. The normalized spacial score (nSPS) is 18.9. The van der Waals surface area contributed by atoms with Gasteiger partial charge in [0.2, 0.25) is 0 Å². The topological polar surface area (TPSA) is 72.1 Å². The molecule has 2 N–H and O–H groups in total. The van der Waals surface area contributed by atoms with Crippen LogP contribution < -0.4 is 5.73 Å². The van der Waals surface area contributed by atoms with E-state index in [4.69, 9.17) is 5.73 Å². The molecule has 1 aliphatic heterocycles. The Morgan fingerprint density at radius 2 is 2.22 bits per heavy atom. The summed E-state index contributed by atoms with van der Waals surface area (Å²) >= 11 is 1.21. The van der Waals surface area contributed by atoms with Crippen LogP contribution in [0.3, 0.4) is 0 Å². The Labute approximate surface area is 112 Å². The summed E-state index contributed by atoms with van der Waals surface area (Å²) in [7, 11) is 0. The molecule has 5 nitrogen and oxygen atoms in total. The van der Waals surface area contributed by atoms with E-state index in [1.807, 2.05) is 18.7 Å². The minimum Gasteiger partial charge on any atom is -0.338 e. The van der Waals surface area contributed by atoms with Crippen LogP contribution in [-0.4, -0.2) is 39.5 Å². The summed E-state index contributed by atoms with van der Waals surface area (Å²) in [5.74, 6) is 0.629. The Hall–Kier alpha value is -1.01. The number of carbonyl (C=O) groups excluding carboxylic acids is 1. The molecule has 100 valence electrons. The number of aryl methyl sites for hydroxylation is 1. The van der Waals surface area contributed by atoms with E-state index >= 15 is 0 Å². The van der Waals surface area contributed by atoms with Gasteiger partial charge in [-0.1, -0.05) is 11.4 Å². The van der Waals surface area contributed by atoms with Crippen LogP contribution >= 0.6 is 11.5 Å². The van der Waals surface area contributed by atoms with Gasteiger partial charge in [-0.05, 0) is 43.6 Å². The molecule has 1 fully saturated rings. The summed E-state index contributed by atoms with van der Waals surface area (Å²) in [4.78, 5) is 15.0. The molecule has 0 radical (unpaired) electrons. The number of nitrogens with two attached hydrogens (primary N) is 1. The van der Waals surface area contributed by atoms with Crippen molar-refractivity contribution in [3.8, 4) is 0 Å². The van der Waals surface area contributed by atoms with Gasteiger partial charge < -0.3 is 10.6 Å². The van der Waals surface area contributed by atoms with Gasteiger partial charge in [-0.15, -0.1) is 5.10 Å². The largest absolute Gasteiger partial charge is 0.338 e. The monoisotopic (exact) mass is 268 g/mol. The lowest BCUT2D eigenvalue weighted by molar-refractivity contribution is 0.0684. The molecular weight excluding hydrogens is 248 g/mol. The quantitative estimate of drug-likeness (QED) is 0.897. The minimum absolute atomic E-state index is 0.0879. The number of hydrogen-bond acceptors (Lipinski definition) is 5. The Balaban J connectivity index is 2.00. The number of likely N-dealkylation sites (tertiary alicyclic amines) is 1. The molecule has 1 unspecified atom stereocenters. The van der Waals surface area contributed by atoms with Crippen LogP contribution in [0.1, 0.15) is 42.1 Å². The second-order valence-electron chi connectivity index (χ2n) is 4.89. The van der Waals surface area contributed by atoms with Crippen LogP contribution in [0.2, 0.25) is 0 Å². The number of nitrogens with zero attached hydrogens (tertiary/aromatic N) is 3. The third-order valence-corrected chi connectivity index (χ3v) is 4.41. The molecule has 0 spiro atoms. The fourth-order valence-electron chi connectivity index (χ4n) is 2.37. The highest BCUT2D eigenvalue weighted by Crippen LogP contribution is 2.22. The molecule has 2 heterocycles. The number of rotatable bonds is 3. The van der Waals surface area contributed by atoms with Gasteiger partial charge in [0.1, 0.15) is 4.88 Å². The van der Waals surface area contributed by atoms with Crippen molar-refractivity contribution in [2.75, 3.05) is 13.1 Å². The number of aromatic nitrogens is 2. The van der Waals surface area contributed by atoms with Gasteiger partial charge in [0.25, 0.3) is 5.91 Å². The molecular formula is C12H20N4OS. The summed E-state index contributed by atoms with van der Waals surface area (Å²) in [6.07, 6.45) is 2.75. The smallest absolute Gasteiger partial charge is 0.267 e. The van der Waals surface area contributed by atoms with Crippen molar-refractivity contribution in [1.29, 1.82) is 0 Å². The molecule has 0 aliphatic carbocycles. The first-order valence-electron chi connectivity index (χ1n) is 6.49. The number of piperidine rings is 1. The summed E-state index contributed by atoms with van der Waals surface area (Å²) in [6.45, 7) is 5.64. The van der Waals surface area contributed by atoms with Gasteiger partial charge in [0.15, 0.2) is 0 Å². The summed E-state index contributed by atoms with van der Waals surface area (Å²) in [6, 6.07) is 0.221. The molecule has 0 aromatic carbocycles. The third-order valence-electron chi connectivity index (χ3n) is 3.66. The van der Waals surface area contributed by atoms with Gasteiger partial charge in [-0.3, -0.25) is 4.79 Å². The van der Waals surface area contributed by atoms with E-state index < -0.39 is 0 Å². The van der Waals surface area contributed by atoms with Crippen LogP contribution in [0.25, 0.3) is 0 Å². The van der Waals surface area contributed by atoms with Gasteiger partial charge in [-0.2, -0.15) is 0 Å². The van der Waals surface area contributed by atoms with Crippen molar-refractivity contribution in [2.24, 2.45) is 11.7 Å². The predicted octanol–water partition coefficient (Wildman–Crippen LogP) is 1.30. The fourth-order valence-corrected chi connectivity index (χ4v) is 3.09. The van der Waals surface area contributed by atoms with Crippen molar-refractivity contribution in [3.63, 3.8) is 0 Å². The molecule has 0 bridgehead atoms. The maximum absolute atomic E-state index is 12.3. The lowest BCUT2D eigenvalue weighted by atomic mass is 9.91. The van der Waals surface area contributed by atoms with Gasteiger partial charge >= 0.3 is 0 Å². The van der Waals surface area contributed by atoms with E-state index in [2.05, 4.69) is 9.59 Å². The zero-order valence-electron chi connectivity index (χ0n) is 10.9. The number of hydrogen-bond donors (Lipinski definition) is 1. The van der Waals surface area contributed by atoms with E-state index in [0.29, 0.717) is 10.8 Å². The molecule has 1 saturated heterocycles. The zero-order valence-corrected chi connectivity index (χ0v) is 11.7. The lowest BCUT2D eigenvalue weighted by Crippen LogP contribution is -2.42. The van der Waals surface area contributed by atoms with Crippen molar-refractivity contribution in [1.82, 2.24) is 14.5 Å². The summed E-state index contributed by atoms with van der Waals surface area (Å²) < 4.78 is 3.88. The highest BCUT2D eigenvalue weighted by Gasteiger charge is 2.27. The van der Waals surface area contributed by atoms with Crippen molar-refractivity contribution in [2.45, 2.75) is 39.2 Å². The van der Waals surface area contributed by atoms with E-state index in [-0.39, 0.29) is 11.9 Å². The fraction of sp³-hybridized carbons (Fsp3) is 0.750. The second-order valence-corrected chi connectivity index (χ2v) is 5.65. The SMILES string of the molecule is CCc1nnsc1C(=O)N1CCC(C(C)N)CC1. The maximum Gasteiger partial charge on any atom is 0.267 e. The highest BCUT2D eigenvalue weighted by atomic mass is 32.1. The Morgan fingerprint density at radius 1 is 1.56 bits per heavy atom. The first kappa shape index (κ1) is 13.4. The van der Waals surface area contributed by atoms with Gasteiger partial charge in [0, 0.05) is 19.1 Å². The molecule has 2 rings (SSSR count). The average Bonchev–Trinajstić information content (AvgIpc) is 2.86. The zero-order chi connectivity index (χ0) is 13.1. The van der Waals surface area contributed by atoms with Crippen molar-refractivity contribution >= 4 is 17.4 Å². The van der Waals surface area contributed by atoms with E-state index in [0.717, 1.165) is 38.0 Å². The van der Waals surface area contributed by atoms with Crippen LogP contribution in [-0.2, 0) is 6.42 Å². The summed E-state index contributed by atoms with van der Waals surface area (Å²) in [5.41, 5.74) is 6.73. The second kappa shape index (κ2) is 5.75. The van der Waals surface area contributed by atoms with E-state index in [9.17, 15) is 4.79 Å². The third kappa shape index (κ3) is 2.70. The molecule has 1 atom stereocenters. The van der Waals surface area contributed by atoms with Crippen LogP contribution in [0.4, 0.5) is 0 Å². The standard InChI is InChI=1S/C12H20N4OS/c1-3-10-11(18-15-14-10)12(17)16-6-4-9(5-7-16)8(2)13/h8-9H,3-7,13H2,1-2H3. The van der Waals surface area contributed by atoms with E-state index in [1.54, 1.807) is 0 Å². The molecule has 1 aromatic rings. The van der Waals surface area contributed by atoms with E-state index in [1.165, 1.54) is 11.5 Å². The van der Waals surface area contributed by atoms with Crippen molar-refractivity contribution < 1.29 is 4.79 Å². The minimum atomic E-state index is 0.0879. The molecule has 18 heavy (non-hydrogen) atoms. The molecule has 1 aromatic heterocycles. The van der Waals surface area contributed by atoms with Crippen molar-refractivity contribution in [3.05, 3.63) is 10.6 Å². The first-order chi connectivity index (χ1) is 8.63. The number of carbonyl (C=O) groups is 1. The molecule has 0 saturated carbocycles. The molecule has 1 amide bonds. The maximum atomic E-state index is 12.3. The van der Waals surface area contributed by atoms with Crippen LogP contribution in [0.15, 0.2) is 0 Å². The summed E-state index contributed by atoms with van der Waals surface area (Å²) in [5, 5.41) is 3.99. The number of amides is 1. The van der Waals surface area contributed by atoms with Gasteiger partial charge in [-0.25, -0.2) is 0 Å². The molecule has 1 aliphatic rings. The Kier molecular flexibility index (Phi) is 4.29. The van der Waals surface area contributed by atoms with Gasteiger partial charge in [0.05, 0.1) is 5.69 Å². The Bertz CT molecular complexity index is 410. The highest BCUT2D eigenvalue weighted by molar-refractivity contribution is 7.08. The van der Waals surface area contributed by atoms with Crippen LogP contribution in [0.5, 0.6) is 0 Å². The lowest BCUT2D eigenvalue weighted by Gasteiger charge is -2.33.